The number of hydrogen-bond donors (Lipinski definition) is 1. The number of oxazole rings is 1. The van der Waals surface area contributed by atoms with E-state index in [0.29, 0.717) is 6.54 Å². The molecule has 0 aliphatic heterocycles. The van der Waals surface area contributed by atoms with E-state index in [1.165, 1.54) is 6.39 Å². The second kappa shape index (κ2) is 4.89. The van der Waals surface area contributed by atoms with Crippen molar-refractivity contribution in [2.45, 2.75) is 26.9 Å². The van der Waals surface area contributed by atoms with Crippen molar-refractivity contribution in [1.29, 1.82) is 0 Å². The maximum atomic E-state index is 5.12. The molecule has 6 nitrogen and oxygen atoms in total. The highest BCUT2D eigenvalue weighted by Gasteiger charge is 2.06. The largest absolute Gasteiger partial charge is 0.448 e. The normalized spacial score (nSPS) is 10.9. The van der Waals surface area contributed by atoms with Gasteiger partial charge >= 0.3 is 0 Å². The zero-order valence-corrected chi connectivity index (χ0v) is 9.47. The minimum absolute atomic E-state index is 0.599. The summed E-state index contributed by atoms with van der Waals surface area (Å²) in [5.74, 6) is 0.823. The fourth-order valence-corrected chi connectivity index (χ4v) is 1.38. The molecule has 0 aliphatic carbocycles. The fraction of sp³-hybridized carbons (Fsp3) is 0.500. The Morgan fingerprint density at radius 2 is 2.38 bits per heavy atom. The van der Waals surface area contributed by atoms with E-state index in [1.54, 1.807) is 4.68 Å². The number of nitrogens with zero attached hydrogens (tertiary/aromatic N) is 4. The molecule has 16 heavy (non-hydrogen) atoms. The lowest BCUT2D eigenvalue weighted by molar-refractivity contribution is 0.521. The van der Waals surface area contributed by atoms with Gasteiger partial charge in [-0.05, 0) is 13.5 Å². The number of hydrogen-bond acceptors (Lipinski definition) is 5. The summed E-state index contributed by atoms with van der Waals surface area (Å²) in [6, 6.07) is 0. The van der Waals surface area contributed by atoms with Crippen molar-refractivity contribution in [3.05, 3.63) is 29.7 Å². The quantitative estimate of drug-likeness (QED) is 0.806. The van der Waals surface area contributed by atoms with Crippen LogP contribution in [0.15, 0.2) is 17.0 Å². The standard InChI is InChI=1S/C10H15N5O/c1-3-11-4-9-5-15(14-13-9)6-10-8(2)16-7-12-10/h5,7,11H,3-4,6H2,1-2H3. The predicted molar refractivity (Wildman–Crippen MR) is 57.7 cm³/mol. The smallest absolute Gasteiger partial charge is 0.181 e. The van der Waals surface area contributed by atoms with Crippen molar-refractivity contribution in [1.82, 2.24) is 25.3 Å². The summed E-state index contributed by atoms with van der Waals surface area (Å²) in [6.45, 7) is 6.22. The van der Waals surface area contributed by atoms with E-state index in [0.717, 1.165) is 30.2 Å². The summed E-state index contributed by atoms with van der Waals surface area (Å²) in [7, 11) is 0. The molecule has 0 unspecified atom stereocenters. The Bertz CT molecular complexity index is 448. The maximum Gasteiger partial charge on any atom is 0.181 e. The molecule has 0 radical (unpaired) electrons. The van der Waals surface area contributed by atoms with Crippen LogP contribution in [0.3, 0.4) is 0 Å². The average molecular weight is 221 g/mol. The lowest BCUT2D eigenvalue weighted by atomic mass is 10.3. The van der Waals surface area contributed by atoms with Crippen LogP contribution in [0.25, 0.3) is 0 Å². The van der Waals surface area contributed by atoms with Gasteiger partial charge in [-0.2, -0.15) is 0 Å². The Morgan fingerprint density at radius 1 is 1.50 bits per heavy atom. The summed E-state index contributed by atoms with van der Waals surface area (Å²) in [6.07, 6.45) is 3.36. The van der Waals surface area contributed by atoms with Crippen molar-refractivity contribution >= 4 is 0 Å². The van der Waals surface area contributed by atoms with Crippen LogP contribution in [0.4, 0.5) is 0 Å². The number of aromatic nitrogens is 4. The fourth-order valence-electron chi connectivity index (χ4n) is 1.38. The van der Waals surface area contributed by atoms with Crippen LogP contribution in [0, 0.1) is 6.92 Å². The van der Waals surface area contributed by atoms with Gasteiger partial charge in [0, 0.05) is 6.54 Å². The number of nitrogens with one attached hydrogen (secondary N) is 1. The van der Waals surface area contributed by atoms with E-state index in [4.69, 9.17) is 4.42 Å². The van der Waals surface area contributed by atoms with Crippen LogP contribution in [0.1, 0.15) is 24.1 Å². The Balaban J connectivity index is 2.00. The molecule has 6 heteroatoms. The summed E-state index contributed by atoms with van der Waals surface area (Å²) in [4.78, 5) is 4.11. The van der Waals surface area contributed by atoms with E-state index >= 15 is 0 Å². The first-order valence-corrected chi connectivity index (χ1v) is 5.28. The van der Waals surface area contributed by atoms with Crippen LogP contribution < -0.4 is 5.32 Å². The molecule has 2 aromatic rings. The van der Waals surface area contributed by atoms with Gasteiger partial charge in [0.15, 0.2) is 6.39 Å². The summed E-state index contributed by atoms with van der Waals surface area (Å²) < 4.78 is 6.88. The van der Waals surface area contributed by atoms with Gasteiger partial charge < -0.3 is 9.73 Å². The number of aryl methyl sites for hydroxylation is 1. The second-order valence-corrected chi connectivity index (χ2v) is 3.54. The Hall–Kier alpha value is -1.69. The van der Waals surface area contributed by atoms with E-state index in [1.807, 2.05) is 13.1 Å². The van der Waals surface area contributed by atoms with Crippen LogP contribution in [-0.4, -0.2) is 26.5 Å². The van der Waals surface area contributed by atoms with E-state index in [9.17, 15) is 0 Å². The van der Waals surface area contributed by atoms with Crippen molar-refractivity contribution < 1.29 is 4.42 Å². The van der Waals surface area contributed by atoms with Crippen molar-refractivity contribution in [3.8, 4) is 0 Å². The molecule has 86 valence electrons. The van der Waals surface area contributed by atoms with E-state index in [-0.39, 0.29) is 0 Å². The van der Waals surface area contributed by atoms with Gasteiger partial charge in [0.25, 0.3) is 0 Å². The third-order valence-corrected chi connectivity index (χ3v) is 2.30. The highest BCUT2D eigenvalue weighted by Crippen LogP contribution is 2.06. The van der Waals surface area contributed by atoms with E-state index < -0.39 is 0 Å². The minimum Gasteiger partial charge on any atom is -0.448 e. The molecule has 0 aromatic carbocycles. The zero-order valence-electron chi connectivity index (χ0n) is 9.47. The van der Waals surface area contributed by atoms with Gasteiger partial charge in [-0.1, -0.05) is 12.1 Å². The Kier molecular flexibility index (Phi) is 3.31. The summed E-state index contributed by atoms with van der Waals surface area (Å²) in [5, 5.41) is 11.3. The first-order chi connectivity index (χ1) is 7.79. The van der Waals surface area contributed by atoms with Gasteiger partial charge in [0.1, 0.15) is 11.5 Å². The van der Waals surface area contributed by atoms with Crippen molar-refractivity contribution in [3.63, 3.8) is 0 Å². The Labute approximate surface area is 93.7 Å². The molecule has 0 bridgehead atoms. The molecule has 1 N–H and O–H groups in total. The third kappa shape index (κ3) is 2.46. The van der Waals surface area contributed by atoms with E-state index in [2.05, 4.69) is 27.5 Å². The SMILES string of the molecule is CCNCc1cn(Cc2ncoc2C)nn1. The number of rotatable bonds is 5. The molecule has 0 amide bonds. The van der Waals surface area contributed by atoms with Gasteiger partial charge in [-0.25, -0.2) is 9.67 Å². The lowest BCUT2D eigenvalue weighted by Crippen LogP contribution is -2.11. The zero-order chi connectivity index (χ0) is 11.4. The molecule has 2 aromatic heterocycles. The average Bonchev–Trinajstić information content (AvgIpc) is 2.87. The van der Waals surface area contributed by atoms with Gasteiger partial charge in [-0.15, -0.1) is 5.10 Å². The van der Waals surface area contributed by atoms with Crippen LogP contribution in [0.5, 0.6) is 0 Å². The summed E-state index contributed by atoms with van der Waals surface area (Å²) >= 11 is 0. The van der Waals surface area contributed by atoms with Crippen LogP contribution in [-0.2, 0) is 13.1 Å². The maximum absolute atomic E-state index is 5.12. The third-order valence-electron chi connectivity index (χ3n) is 2.30. The molecule has 0 atom stereocenters. The van der Waals surface area contributed by atoms with Crippen molar-refractivity contribution in [2.75, 3.05) is 6.54 Å². The van der Waals surface area contributed by atoms with Gasteiger partial charge in [-0.3, -0.25) is 0 Å². The highest BCUT2D eigenvalue weighted by molar-refractivity contribution is 5.05. The molecular weight excluding hydrogens is 206 g/mol. The Morgan fingerprint density at radius 3 is 3.06 bits per heavy atom. The highest BCUT2D eigenvalue weighted by atomic mass is 16.3. The van der Waals surface area contributed by atoms with Crippen molar-refractivity contribution in [2.24, 2.45) is 0 Å². The molecule has 0 fully saturated rings. The molecule has 0 saturated carbocycles. The molecule has 0 saturated heterocycles. The summed E-state index contributed by atoms with van der Waals surface area (Å²) in [5.41, 5.74) is 1.82. The molecular formula is C10H15N5O. The minimum atomic E-state index is 0.599. The predicted octanol–water partition coefficient (Wildman–Crippen LogP) is 0.732. The lowest BCUT2D eigenvalue weighted by Gasteiger charge is -1.96. The first kappa shape index (κ1) is 10.8. The topological polar surface area (TPSA) is 68.8 Å². The van der Waals surface area contributed by atoms with Crippen LogP contribution in [0.2, 0.25) is 0 Å². The molecule has 0 spiro atoms. The second-order valence-electron chi connectivity index (χ2n) is 3.54. The van der Waals surface area contributed by atoms with Gasteiger partial charge in [0.2, 0.25) is 0 Å². The van der Waals surface area contributed by atoms with Gasteiger partial charge in [0.05, 0.1) is 18.4 Å². The molecule has 2 heterocycles. The molecule has 2 rings (SSSR count). The molecule has 0 aliphatic rings. The monoisotopic (exact) mass is 221 g/mol. The van der Waals surface area contributed by atoms with Crippen LogP contribution >= 0.6 is 0 Å². The first-order valence-electron chi connectivity index (χ1n) is 5.28.